The number of hydrogen-bond donors (Lipinski definition) is 0. The molecule has 2 nitrogen and oxygen atoms in total. The summed E-state index contributed by atoms with van der Waals surface area (Å²) < 4.78 is 0. The summed E-state index contributed by atoms with van der Waals surface area (Å²) in [7, 11) is 0. The molecule has 0 amide bonds. The second kappa shape index (κ2) is 15.3. The van der Waals surface area contributed by atoms with Gasteiger partial charge in [0.05, 0.1) is 5.70 Å². The topological polar surface area (TPSA) is 24.7 Å². The predicted octanol–water partition coefficient (Wildman–Crippen LogP) is 11.1. The Labute approximate surface area is 311 Å². The largest absolute Gasteiger partial charge is 0.233 e. The first-order chi connectivity index (χ1) is 26.1. The quantitative estimate of drug-likeness (QED) is 0.0911. The highest BCUT2D eigenvalue weighted by Gasteiger charge is 2.18. The molecule has 6 aromatic rings. The molecule has 0 spiro atoms. The maximum Gasteiger partial charge on any atom is 0.160 e. The zero-order valence-corrected chi connectivity index (χ0v) is 29.9. The van der Waals surface area contributed by atoms with Gasteiger partial charge in [-0.1, -0.05) is 158 Å². The van der Waals surface area contributed by atoms with Crippen molar-refractivity contribution in [1.82, 2.24) is 0 Å². The van der Waals surface area contributed by atoms with Crippen LogP contribution in [-0.2, 0) is 0 Å². The summed E-state index contributed by atoms with van der Waals surface area (Å²) in [5.41, 5.74) is 13.8. The van der Waals surface area contributed by atoms with Crippen LogP contribution in [0.3, 0.4) is 0 Å². The highest BCUT2D eigenvalue weighted by atomic mass is 14.9. The Bertz CT molecular complexity index is 2660. The summed E-state index contributed by atoms with van der Waals surface area (Å²) in [5.74, 6) is 0.657. The first-order valence-electron chi connectivity index (χ1n) is 18.3. The Morgan fingerprint density at radius 2 is 1.30 bits per heavy atom. The van der Waals surface area contributed by atoms with Gasteiger partial charge in [0.25, 0.3) is 0 Å². The van der Waals surface area contributed by atoms with E-state index in [0.717, 1.165) is 52.1 Å². The van der Waals surface area contributed by atoms with Crippen molar-refractivity contribution in [3.8, 4) is 11.1 Å². The Kier molecular flexibility index (Phi) is 9.70. The zero-order chi connectivity index (χ0) is 36.0. The van der Waals surface area contributed by atoms with Gasteiger partial charge in [-0.15, -0.1) is 5.73 Å². The Hall–Kier alpha value is -6.60. The van der Waals surface area contributed by atoms with Gasteiger partial charge in [0.1, 0.15) is 0 Å². The van der Waals surface area contributed by atoms with Gasteiger partial charge in [-0.25, -0.2) is 9.98 Å². The number of allylic oxidation sites excluding steroid dienone is 6. The van der Waals surface area contributed by atoms with Crippen molar-refractivity contribution >= 4 is 45.6 Å². The molecule has 0 saturated carbocycles. The van der Waals surface area contributed by atoms with Crippen molar-refractivity contribution in [3.05, 3.63) is 221 Å². The van der Waals surface area contributed by atoms with Gasteiger partial charge in [-0.3, -0.25) is 0 Å². The number of aliphatic imine (C=N–C) groups is 2. The molecule has 254 valence electrons. The molecular formula is C51H40N2. The Morgan fingerprint density at radius 1 is 0.585 bits per heavy atom. The first-order valence-corrected chi connectivity index (χ1v) is 18.3. The van der Waals surface area contributed by atoms with E-state index in [2.05, 4.69) is 177 Å². The molecule has 53 heavy (non-hydrogen) atoms. The van der Waals surface area contributed by atoms with E-state index in [1.807, 2.05) is 24.3 Å². The van der Waals surface area contributed by atoms with Crippen LogP contribution < -0.4 is 10.4 Å². The van der Waals surface area contributed by atoms with Crippen LogP contribution in [-0.4, -0.2) is 11.5 Å². The summed E-state index contributed by atoms with van der Waals surface area (Å²) in [5, 5.41) is 4.89. The normalized spacial score (nSPS) is 15.6. The number of nitrogens with zero attached hydrogens (tertiary/aromatic N) is 2. The van der Waals surface area contributed by atoms with Crippen LogP contribution >= 0.6 is 0 Å². The van der Waals surface area contributed by atoms with Crippen molar-refractivity contribution in [1.29, 1.82) is 0 Å². The minimum Gasteiger partial charge on any atom is -0.233 e. The smallest absolute Gasteiger partial charge is 0.160 e. The molecule has 8 rings (SSSR count). The van der Waals surface area contributed by atoms with E-state index in [4.69, 9.17) is 9.98 Å². The van der Waals surface area contributed by atoms with E-state index >= 15 is 0 Å². The minimum atomic E-state index is 0.0234. The molecule has 0 heterocycles. The second-order valence-corrected chi connectivity index (χ2v) is 13.5. The van der Waals surface area contributed by atoms with Gasteiger partial charge in [-0.2, -0.15) is 0 Å². The van der Waals surface area contributed by atoms with Gasteiger partial charge in [0.2, 0.25) is 0 Å². The zero-order valence-electron chi connectivity index (χ0n) is 29.9. The van der Waals surface area contributed by atoms with Crippen molar-refractivity contribution in [3.63, 3.8) is 0 Å². The van der Waals surface area contributed by atoms with E-state index < -0.39 is 0 Å². The summed E-state index contributed by atoms with van der Waals surface area (Å²) in [6.45, 7) is 6.18. The van der Waals surface area contributed by atoms with Gasteiger partial charge >= 0.3 is 0 Å². The Morgan fingerprint density at radius 3 is 2.08 bits per heavy atom. The van der Waals surface area contributed by atoms with Crippen LogP contribution in [0.4, 0.5) is 0 Å². The maximum atomic E-state index is 5.33. The van der Waals surface area contributed by atoms with E-state index in [1.165, 1.54) is 37.9 Å². The second-order valence-electron chi connectivity index (χ2n) is 13.5. The van der Waals surface area contributed by atoms with Crippen molar-refractivity contribution in [2.24, 2.45) is 15.9 Å². The fourth-order valence-electron chi connectivity index (χ4n) is 7.12. The molecule has 0 N–H and O–H groups in total. The fraction of sp³-hybridized carbons (Fsp3) is 0.0784. The van der Waals surface area contributed by atoms with Crippen LogP contribution in [0.5, 0.6) is 0 Å². The SMILES string of the molecule is C=C=C(/N=C(\N=C(/C)c1ccccc1)c1cc(C2=CCC=c3ccccc3=C2)cc(-c2ccc3ccccc3c2)c1)C1C=CC(c2ccccc2)=CC1. The van der Waals surface area contributed by atoms with Gasteiger partial charge in [0, 0.05) is 17.2 Å². The third-order valence-corrected chi connectivity index (χ3v) is 10.0. The third-order valence-electron chi connectivity index (χ3n) is 10.0. The van der Waals surface area contributed by atoms with E-state index in [9.17, 15) is 0 Å². The molecule has 0 saturated heterocycles. The lowest BCUT2D eigenvalue weighted by Crippen LogP contribution is -2.22. The molecule has 0 fully saturated rings. The Balaban J connectivity index is 1.28. The molecular weight excluding hydrogens is 641 g/mol. The third kappa shape index (κ3) is 7.55. The minimum absolute atomic E-state index is 0.0234. The monoisotopic (exact) mass is 680 g/mol. The van der Waals surface area contributed by atoms with Crippen LogP contribution in [0.2, 0.25) is 0 Å². The lowest BCUT2D eigenvalue weighted by atomic mass is 9.91. The molecule has 2 heteroatoms. The first kappa shape index (κ1) is 33.5. The van der Waals surface area contributed by atoms with Crippen LogP contribution in [0.1, 0.15) is 42.0 Å². The maximum absolute atomic E-state index is 5.33. The summed E-state index contributed by atoms with van der Waals surface area (Å²) in [6, 6.07) is 51.4. The van der Waals surface area contributed by atoms with E-state index in [1.54, 1.807) is 0 Å². The lowest BCUT2D eigenvalue weighted by molar-refractivity contribution is 0.760. The predicted molar refractivity (Wildman–Crippen MR) is 226 cm³/mol. The molecule has 6 aromatic carbocycles. The van der Waals surface area contributed by atoms with Gasteiger partial charge in [-0.05, 0) is 110 Å². The van der Waals surface area contributed by atoms with E-state index in [-0.39, 0.29) is 5.92 Å². The average Bonchev–Trinajstić information content (AvgIpc) is 3.45. The van der Waals surface area contributed by atoms with Crippen LogP contribution in [0.15, 0.2) is 198 Å². The van der Waals surface area contributed by atoms with Crippen LogP contribution in [0, 0.1) is 5.92 Å². The van der Waals surface area contributed by atoms with Gasteiger partial charge < -0.3 is 0 Å². The number of hydrogen-bond acceptors (Lipinski definition) is 1. The number of rotatable bonds is 7. The van der Waals surface area contributed by atoms with Crippen molar-refractivity contribution in [2.75, 3.05) is 0 Å². The summed E-state index contributed by atoms with van der Waals surface area (Å²) >= 11 is 0. The molecule has 0 radical (unpaired) electrons. The van der Waals surface area contributed by atoms with Crippen LogP contribution in [0.25, 0.3) is 45.2 Å². The van der Waals surface area contributed by atoms with Crippen molar-refractivity contribution < 1.29 is 0 Å². The molecule has 0 aliphatic heterocycles. The molecule has 1 unspecified atom stereocenters. The molecule has 1 atom stereocenters. The highest BCUT2D eigenvalue weighted by molar-refractivity contribution is 6.12. The average molecular weight is 681 g/mol. The number of amidine groups is 1. The summed E-state index contributed by atoms with van der Waals surface area (Å²) in [4.78, 5) is 10.6. The number of fused-ring (bicyclic) bond motifs is 2. The number of benzene rings is 6. The highest BCUT2D eigenvalue weighted by Crippen LogP contribution is 2.32. The standard InChI is InChI=1S/C51H40N2/c1-3-50(42-28-25-41(26-29-42)38-17-8-5-9-18-38)53-51(52-36(2)37-15-6-4-7-16-37)49-34-47(45-24-14-23-39-19-10-12-21-43(39)31-45)33-48(35-49)46-30-27-40-20-11-13-22-44(40)32-46/h4-13,15-28,30-35,42H,1,14,29H2,2H3/b52-36+,53-51-. The van der Waals surface area contributed by atoms with Gasteiger partial charge in [0.15, 0.2) is 5.84 Å². The molecule has 2 aliphatic rings. The fourth-order valence-corrected chi connectivity index (χ4v) is 7.12. The lowest BCUT2D eigenvalue weighted by Gasteiger charge is -2.17. The summed E-state index contributed by atoms with van der Waals surface area (Å²) in [6.07, 6.45) is 15.3. The molecule has 0 bridgehead atoms. The molecule has 2 aliphatic carbocycles. The van der Waals surface area contributed by atoms with E-state index in [0.29, 0.717) is 5.84 Å². The molecule has 0 aromatic heterocycles. The van der Waals surface area contributed by atoms with Crippen molar-refractivity contribution in [2.45, 2.75) is 19.8 Å².